The Morgan fingerprint density at radius 2 is 2.12 bits per heavy atom. The van der Waals surface area contributed by atoms with Crippen molar-refractivity contribution >= 4 is 10.1 Å². The Hall–Kier alpha value is -0.130. The Kier molecular flexibility index (Phi) is 2.39. The van der Waals surface area contributed by atoms with E-state index < -0.39 is 16.2 Å². The van der Waals surface area contributed by atoms with Crippen LogP contribution in [0, 0.1) is 0 Å². The highest BCUT2D eigenvalue weighted by atomic mass is 32.2. The molecule has 0 fully saturated rings. The maximum Gasteiger partial charge on any atom is 0.266 e. The maximum atomic E-state index is 9.92. The Balaban J connectivity index is 3.75. The van der Waals surface area contributed by atoms with E-state index in [1.807, 2.05) is 0 Å². The van der Waals surface area contributed by atoms with Crippen LogP contribution in [0.4, 0.5) is 0 Å². The molecule has 5 heteroatoms. The minimum atomic E-state index is -3.85. The smallest absolute Gasteiger partial charge is 0.266 e. The topological polar surface area (TPSA) is 80.4 Å². The SMILES string of the molecule is C[C@@H](N)CS(=O)(=O)O. The zero-order valence-electron chi connectivity index (χ0n) is 4.53. The van der Waals surface area contributed by atoms with Crippen molar-refractivity contribution in [2.24, 2.45) is 5.73 Å². The van der Waals surface area contributed by atoms with Crippen LogP contribution in [-0.4, -0.2) is 24.8 Å². The van der Waals surface area contributed by atoms with Gasteiger partial charge in [0, 0.05) is 6.04 Å². The molecule has 50 valence electrons. The summed E-state index contributed by atoms with van der Waals surface area (Å²) in [4.78, 5) is 0. The quantitative estimate of drug-likeness (QED) is 0.492. The highest BCUT2D eigenvalue weighted by Gasteiger charge is 2.06. The summed E-state index contributed by atoms with van der Waals surface area (Å²) in [5.41, 5.74) is 5.04. The van der Waals surface area contributed by atoms with E-state index in [4.69, 9.17) is 10.3 Å². The zero-order valence-corrected chi connectivity index (χ0v) is 5.35. The first-order chi connectivity index (χ1) is 3.42. The Bertz CT molecular complexity index is 148. The first kappa shape index (κ1) is 7.87. The fourth-order valence-electron chi connectivity index (χ4n) is 0.332. The van der Waals surface area contributed by atoms with Gasteiger partial charge in [-0.15, -0.1) is 0 Å². The molecule has 0 heterocycles. The molecule has 4 nitrogen and oxygen atoms in total. The molecule has 3 N–H and O–H groups in total. The predicted molar refractivity (Wildman–Crippen MR) is 30.1 cm³/mol. The zero-order chi connectivity index (χ0) is 6.78. The third-order valence-corrected chi connectivity index (χ3v) is 1.42. The normalized spacial score (nSPS) is 15.9. The van der Waals surface area contributed by atoms with Gasteiger partial charge in [-0.2, -0.15) is 8.42 Å². The third kappa shape index (κ3) is 5.87. The molecule has 0 unspecified atom stereocenters. The van der Waals surface area contributed by atoms with Crippen LogP contribution in [-0.2, 0) is 10.1 Å². The molecule has 0 amide bonds. The largest absolute Gasteiger partial charge is 0.327 e. The van der Waals surface area contributed by atoms with Gasteiger partial charge in [0.1, 0.15) is 0 Å². The second-order valence-electron chi connectivity index (χ2n) is 1.73. The molecule has 8 heavy (non-hydrogen) atoms. The van der Waals surface area contributed by atoms with Gasteiger partial charge in [0.2, 0.25) is 0 Å². The highest BCUT2D eigenvalue weighted by molar-refractivity contribution is 7.85. The lowest BCUT2D eigenvalue weighted by atomic mass is 10.4. The van der Waals surface area contributed by atoms with Crippen molar-refractivity contribution in [1.82, 2.24) is 0 Å². The molecule has 0 aliphatic heterocycles. The maximum absolute atomic E-state index is 9.92. The van der Waals surface area contributed by atoms with Gasteiger partial charge in [-0.25, -0.2) is 0 Å². The predicted octanol–water partition coefficient (Wildman–Crippen LogP) is -0.779. The van der Waals surface area contributed by atoms with Crippen molar-refractivity contribution in [2.45, 2.75) is 13.0 Å². The number of hydrogen-bond donors (Lipinski definition) is 2. The minimum absolute atomic E-state index is 0.368. The molecule has 0 aromatic rings. The summed E-state index contributed by atoms with van der Waals surface area (Å²) < 4.78 is 27.9. The lowest BCUT2D eigenvalue weighted by Gasteiger charge is -1.98. The van der Waals surface area contributed by atoms with Gasteiger partial charge >= 0.3 is 0 Å². The van der Waals surface area contributed by atoms with Gasteiger partial charge < -0.3 is 5.73 Å². The van der Waals surface area contributed by atoms with Crippen molar-refractivity contribution in [3.8, 4) is 0 Å². The average molecular weight is 139 g/mol. The number of rotatable bonds is 2. The van der Waals surface area contributed by atoms with E-state index in [1.165, 1.54) is 6.92 Å². The van der Waals surface area contributed by atoms with Crippen LogP contribution in [0.2, 0.25) is 0 Å². The average Bonchev–Trinajstić information content (AvgIpc) is 1.21. The van der Waals surface area contributed by atoms with Crippen LogP contribution in [0.1, 0.15) is 6.92 Å². The summed E-state index contributed by atoms with van der Waals surface area (Å²) in [6.45, 7) is 1.51. The second kappa shape index (κ2) is 2.43. The first-order valence-corrected chi connectivity index (χ1v) is 3.73. The summed E-state index contributed by atoms with van der Waals surface area (Å²) in [6, 6.07) is -0.495. The molecular formula is C3H9NO3S. The lowest BCUT2D eigenvalue weighted by Crippen LogP contribution is -2.25. The van der Waals surface area contributed by atoms with Crippen molar-refractivity contribution in [3.63, 3.8) is 0 Å². The molecule has 0 spiro atoms. The van der Waals surface area contributed by atoms with Crippen LogP contribution in [0.3, 0.4) is 0 Å². The van der Waals surface area contributed by atoms with Crippen molar-refractivity contribution in [2.75, 3.05) is 5.75 Å². The van der Waals surface area contributed by atoms with E-state index in [1.54, 1.807) is 0 Å². The molecule has 0 rings (SSSR count). The molecular weight excluding hydrogens is 130 g/mol. The summed E-state index contributed by atoms with van der Waals surface area (Å²) in [5, 5.41) is 0. The first-order valence-electron chi connectivity index (χ1n) is 2.12. The van der Waals surface area contributed by atoms with Gasteiger partial charge in [0.15, 0.2) is 0 Å². The highest BCUT2D eigenvalue weighted by Crippen LogP contribution is 1.83. The second-order valence-corrected chi connectivity index (χ2v) is 3.22. The van der Waals surface area contributed by atoms with Crippen LogP contribution < -0.4 is 5.73 Å². The van der Waals surface area contributed by atoms with Crippen molar-refractivity contribution in [3.05, 3.63) is 0 Å². The molecule has 0 aliphatic carbocycles. The van der Waals surface area contributed by atoms with Crippen LogP contribution >= 0.6 is 0 Å². The Morgan fingerprint density at radius 1 is 1.75 bits per heavy atom. The van der Waals surface area contributed by atoms with Gasteiger partial charge in [0.25, 0.3) is 10.1 Å². The Morgan fingerprint density at radius 3 is 2.12 bits per heavy atom. The summed E-state index contributed by atoms with van der Waals surface area (Å²) in [5.74, 6) is -0.368. The fourth-order valence-corrected chi connectivity index (χ4v) is 0.997. The van der Waals surface area contributed by atoms with Crippen LogP contribution in [0.5, 0.6) is 0 Å². The monoisotopic (exact) mass is 139 g/mol. The summed E-state index contributed by atoms with van der Waals surface area (Å²) in [7, 11) is -3.85. The van der Waals surface area contributed by atoms with E-state index >= 15 is 0 Å². The molecule has 0 saturated carbocycles. The standard InChI is InChI=1S/C3H9NO3S/c1-3(4)2-8(5,6)7/h3H,2,4H2,1H3,(H,5,6,7)/t3-/m1/s1. The van der Waals surface area contributed by atoms with Crippen molar-refractivity contribution in [1.29, 1.82) is 0 Å². The molecule has 0 bridgehead atoms. The van der Waals surface area contributed by atoms with E-state index in [0.717, 1.165) is 0 Å². The molecule has 0 aliphatic rings. The van der Waals surface area contributed by atoms with Gasteiger partial charge in [-0.3, -0.25) is 4.55 Å². The molecule has 0 radical (unpaired) electrons. The van der Waals surface area contributed by atoms with Gasteiger partial charge in [-0.1, -0.05) is 0 Å². The number of hydrogen-bond acceptors (Lipinski definition) is 3. The third-order valence-electron chi connectivity index (χ3n) is 0.474. The lowest BCUT2D eigenvalue weighted by molar-refractivity contribution is 0.479. The molecule has 1 atom stereocenters. The minimum Gasteiger partial charge on any atom is -0.327 e. The van der Waals surface area contributed by atoms with Crippen LogP contribution in [0.25, 0.3) is 0 Å². The van der Waals surface area contributed by atoms with Gasteiger partial charge in [0.05, 0.1) is 5.75 Å². The van der Waals surface area contributed by atoms with Crippen molar-refractivity contribution < 1.29 is 13.0 Å². The molecule has 0 aromatic carbocycles. The summed E-state index contributed by atoms with van der Waals surface area (Å²) >= 11 is 0. The van der Waals surface area contributed by atoms with Gasteiger partial charge in [-0.05, 0) is 6.92 Å². The summed E-state index contributed by atoms with van der Waals surface area (Å²) in [6.07, 6.45) is 0. The van der Waals surface area contributed by atoms with E-state index in [2.05, 4.69) is 0 Å². The molecule has 0 saturated heterocycles. The van der Waals surface area contributed by atoms with E-state index in [-0.39, 0.29) is 5.75 Å². The van der Waals surface area contributed by atoms with E-state index in [0.29, 0.717) is 0 Å². The number of nitrogens with two attached hydrogens (primary N) is 1. The molecule has 0 aromatic heterocycles. The van der Waals surface area contributed by atoms with E-state index in [9.17, 15) is 8.42 Å². The van der Waals surface area contributed by atoms with Crippen LogP contribution in [0.15, 0.2) is 0 Å². The fraction of sp³-hybridized carbons (Fsp3) is 1.00. The Labute approximate surface area is 48.4 Å².